The molecule has 0 aromatic heterocycles. The van der Waals surface area contributed by atoms with Crippen LogP contribution in [0.15, 0.2) is 0 Å². The standard InChI is InChI=1S/C9H15NO2/c1-6-5-7-3-4-12-8(7)9(11)10(6)2/h6-8H,3-5H2,1-2H3. The topological polar surface area (TPSA) is 29.5 Å². The summed E-state index contributed by atoms with van der Waals surface area (Å²) in [6.07, 6.45) is 2.05. The van der Waals surface area contributed by atoms with Gasteiger partial charge in [0.15, 0.2) is 0 Å². The number of nitrogens with zero attached hydrogens (tertiary/aromatic N) is 1. The van der Waals surface area contributed by atoms with E-state index in [-0.39, 0.29) is 12.0 Å². The second kappa shape index (κ2) is 2.73. The number of hydrogen-bond acceptors (Lipinski definition) is 2. The van der Waals surface area contributed by atoms with Gasteiger partial charge >= 0.3 is 0 Å². The van der Waals surface area contributed by atoms with Crippen LogP contribution < -0.4 is 0 Å². The Balaban J connectivity index is 2.16. The molecule has 0 aromatic rings. The average Bonchev–Trinajstić information content (AvgIpc) is 2.48. The molecule has 68 valence electrons. The zero-order valence-corrected chi connectivity index (χ0v) is 7.62. The fourth-order valence-electron chi connectivity index (χ4n) is 2.16. The maximum atomic E-state index is 11.6. The molecule has 3 unspecified atom stereocenters. The van der Waals surface area contributed by atoms with Crippen LogP contribution in [-0.2, 0) is 9.53 Å². The van der Waals surface area contributed by atoms with E-state index in [1.54, 1.807) is 0 Å². The number of amides is 1. The molecule has 3 nitrogen and oxygen atoms in total. The molecular weight excluding hydrogens is 154 g/mol. The fraction of sp³-hybridized carbons (Fsp3) is 0.889. The number of hydrogen-bond donors (Lipinski definition) is 0. The van der Waals surface area contributed by atoms with Crippen molar-refractivity contribution in [2.45, 2.75) is 31.9 Å². The lowest BCUT2D eigenvalue weighted by molar-refractivity contribution is -0.148. The van der Waals surface area contributed by atoms with Crippen LogP contribution >= 0.6 is 0 Å². The lowest BCUT2D eigenvalue weighted by atomic mass is 9.88. The Kier molecular flexibility index (Phi) is 1.83. The van der Waals surface area contributed by atoms with E-state index in [1.165, 1.54) is 0 Å². The smallest absolute Gasteiger partial charge is 0.251 e. The summed E-state index contributed by atoms with van der Waals surface area (Å²) in [6.45, 7) is 2.87. The molecule has 2 heterocycles. The number of likely N-dealkylation sites (N-methyl/N-ethyl adjacent to an activating group) is 1. The molecule has 3 atom stereocenters. The second-order valence-corrected chi connectivity index (χ2v) is 3.87. The van der Waals surface area contributed by atoms with Gasteiger partial charge in [0.1, 0.15) is 6.10 Å². The first kappa shape index (κ1) is 8.05. The molecular formula is C9H15NO2. The number of likely N-dealkylation sites (tertiary alicyclic amines) is 1. The third-order valence-electron chi connectivity index (χ3n) is 3.11. The summed E-state index contributed by atoms with van der Waals surface area (Å²) in [5.41, 5.74) is 0. The van der Waals surface area contributed by atoms with E-state index in [2.05, 4.69) is 6.92 Å². The molecule has 2 saturated heterocycles. The lowest BCUT2D eigenvalue weighted by Gasteiger charge is -2.36. The average molecular weight is 169 g/mol. The number of carbonyl (C=O) groups is 1. The summed E-state index contributed by atoms with van der Waals surface area (Å²) in [5.74, 6) is 0.667. The molecule has 3 heteroatoms. The molecule has 0 spiro atoms. The number of rotatable bonds is 0. The van der Waals surface area contributed by atoms with Gasteiger partial charge in [-0.1, -0.05) is 0 Å². The van der Waals surface area contributed by atoms with Crippen molar-refractivity contribution in [3.63, 3.8) is 0 Å². The van der Waals surface area contributed by atoms with Gasteiger partial charge in [0.05, 0.1) is 0 Å². The Morgan fingerprint density at radius 1 is 1.58 bits per heavy atom. The molecule has 0 saturated carbocycles. The molecule has 2 aliphatic rings. The lowest BCUT2D eigenvalue weighted by Crippen LogP contribution is -2.49. The van der Waals surface area contributed by atoms with Crippen LogP contribution in [0.3, 0.4) is 0 Å². The highest BCUT2D eigenvalue weighted by Gasteiger charge is 2.42. The van der Waals surface area contributed by atoms with E-state index >= 15 is 0 Å². The van der Waals surface area contributed by atoms with Crippen LogP contribution in [0.1, 0.15) is 19.8 Å². The van der Waals surface area contributed by atoms with Gasteiger partial charge < -0.3 is 9.64 Å². The Morgan fingerprint density at radius 2 is 2.33 bits per heavy atom. The third-order valence-corrected chi connectivity index (χ3v) is 3.11. The van der Waals surface area contributed by atoms with Gasteiger partial charge in [-0.25, -0.2) is 0 Å². The highest BCUT2D eigenvalue weighted by molar-refractivity contribution is 5.82. The van der Waals surface area contributed by atoms with Crippen molar-refractivity contribution in [1.82, 2.24) is 4.90 Å². The minimum atomic E-state index is -0.119. The predicted octanol–water partition coefficient (Wildman–Crippen LogP) is 0.642. The van der Waals surface area contributed by atoms with E-state index in [0.29, 0.717) is 12.0 Å². The number of carbonyl (C=O) groups excluding carboxylic acids is 1. The van der Waals surface area contributed by atoms with Gasteiger partial charge in [-0.2, -0.15) is 0 Å². The Labute approximate surface area is 72.7 Å². The molecule has 1 amide bonds. The molecule has 12 heavy (non-hydrogen) atoms. The van der Waals surface area contributed by atoms with Crippen LogP contribution in [0.25, 0.3) is 0 Å². The summed E-state index contributed by atoms with van der Waals surface area (Å²) in [5, 5.41) is 0. The van der Waals surface area contributed by atoms with Gasteiger partial charge in [0.25, 0.3) is 5.91 Å². The van der Waals surface area contributed by atoms with Crippen LogP contribution in [0.4, 0.5) is 0 Å². The largest absolute Gasteiger partial charge is 0.368 e. The number of piperidine rings is 1. The van der Waals surface area contributed by atoms with Gasteiger partial charge in [-0.05, 0) is 25.7 Å². The van der Waals surface area contributed by atoms with Crippen LogP contribution in [0, 0.1) is 5.92 Å². The monoisotopic (exact) mass is 169 g/mol. The Hall–Kier alpha value is -0.570. The fourth-order valence-corrected chi connectivity index (χ4v) is 2.16. The van der Waals surface area contributed by atoms with Crippen molar-refractivity contribution in [2.24, 2.45) is 5.92 Å². The predicted molar refractivity (Wildman–Crippen MR) is 44.7 cm³/mol. The summed E-state index contributed by atoms with van der Waals surface area (Å²) < 4.78 is 5.40. The minimum absolute atomic E-state index is 0.119. The van der Waals surface area contributed by atoms with Crippen LogP contribution in [0.5, 0.6) is 0 Å². The zero-order valence-electron chi connectivity index (χ0n) is 7.62. The Morgan fingerprint density at radius 3 is 3.08 bits per heavy atom. The highest BCUT2D eigenvalue weighted by Crippen LogP contribution is 2.32. The summed E-state index contributed by atoms with van der Waals surface area (Å²) in [4.78, 5) is 13.4. The molecule has 2 rings (SSSR count). The summed E-state index contributed by atoms with van der Waals surface area (Å²) in [6, 6.07) is 0.389. The Bertz CT molecular complexity index is 205. The quantitative estimate of drug-likeness (QED) is 0.532. The molecule has 0 bridgehead atoms. The first-order valence-electron chi connectivity index (χ1n) is 4.58. The molecule has 0 radical (unpaired) electrons. The van der Waals surface area contributed by atoms with E-state index in [0.717, 1.165) is 19.4 Å². The highest BCUT2D eigenvalue weighted by atomic mass is 16.5. The zero-order chi connectivity index (χ0) is 8.72. The van der Waals surface area contributed by atoms with Gasteiger partial charge in [-0.15, -0.1) is 0 Å². The number of fused-ring (bicyclic) bond motifs is 1. The first-order chi connectivity index (χ1) is 5.70. The van der Waals surface area contributed by atoms with Crippen molar-refractivity contribution in [3.8, 4) is 0 Å². The molecule has 2 aliphatic heterocycles. The van der Waals surface area contributed by atoms with Gasteiger partial charge in [0, 0.05) is 19.7 Å². The first-order valence-corrected chi connectivity index (χ1v) is 4.58. The number of ether oxygens (including phenoxy) is 1. The molecule has 0 N–H and O–H groups in total. The van der Waals surface area contributed by atoms with Gasteiger partial charge in [0.2, 0.25) is 0 Å². The van der Waals surface area contributed by atoms with Crippen molar-refractivity contribution in [1.29, 1.82) is 0 Å². The minimum Gasteiger partial charge on any atom is -0.368 e. The van der Waals surface area contributed by atoms with Crippen molar-refractivity contribution >= 4 is 5.91 Å². The molecule has 0 aromatic carbocycles. The maximum absolute atomic E-state index is 11.6. The van der Waals surface area contributed by atoms with Crippen molar-refractivity contribution in [3.05, 3.63) is 0 Å². The summed E-state index contributed by atoms with van der Waals surface area (Å²) in [7, 11) is 1.87. The van der Waals surface area contributed by atoms with E-state index in [9.17, 15) is 4.79 Å². The molecule has 0 aliphatic carbocycles. The third kappa shape index (κ3) is 1.04. The van der Waals surface area contributed by atoms with Crippen molar-refractivity contribution in [2.75, 3.05) is 13.7 Å². The van der Waals surface area contributed by atoms with E-state index < -0.39 is 0 Å². The SMILES string of the molecule is CC1CC2CCOC2C(=O)N1C. The summed E-state index contributed by atoms with van der Waals surface area (Å²) >= 11 is 0. The normalized spacial score (nSPS) is 41.7. The molecule has 2 fully saturated rings. The van der Waals surface area contributed by atoms with E-state index in [4.69, 9.17) is 4.74 Å². The maximum Gasteiger partial charge on any atom is 0.251 e. The van der Waals surface area contributed by atoms with Crippen LogP contribution in [0.2, 0.25) is 0 Å². The van der Waals surface area contributed by atoms with E-state index in [1.807, 2.05) is 11.9 Å². The second-order valence-electron chi connectivity index (χ2n) is 3.87. The van der Waals surface area contributed by atoms with Crippen molar-refractivity contribution < 1.29 is 9.53 Å². The van der Waals surface area contributed by atoms with Gasteiger partial charge in [-0.3, -0.25) is 4.79 Å². The van der Waals surface area contributed by atoms with Crippen LogP contribution in [-0.4, -0.2) is 36.6 Å².